The molecule has 27 heavy (non-hydrogen) atoms. The van der Waals surface area contributed by atoms with E-state index in [-0.39, 0.29) is 11.3 Å². The van der Waals surface area contributed by atoms with Crippen molar-refractivity contribution in [1.29, 1.82) is 0 Å². The molecular formula is C20H16FNO3S2. The van der Waals surface area contributed by atoms with Gasteiger partial charge in [-0.3, -0.25) is 4.79 Å². The number of hydrogen-bond acceptors (Lipinski definition) is 5. The summed E-state index contributed by atoms with van der Waals surface area (Å²) < 4.78 is 18.7. The standard InChI is InChI=1S/C20H16FNO3S2/c1-25-20(24)13-8-9-16(21)17(11-13)22-19(23)15-6-2-3-7-18(15)27-12-14-5-4-10-26-14/h2-11H,12H2,1H3,(H,22,23). The van der Waals surface area contributed by atoms with Gasteiger partial charge < -0.3 is 10.1 Å². The molecule has 0 aliphatic rings. The molecule has 0 aliphatic heterocycles. The first-order valence-corrected chi connectivity index (χ1v) is 9.88. The molecule has 0 aliphatic carbocycles. The second-order valence-corrected chi connectivity index (χ2v) is 7.55. The number of hydrogen-bond donors (Lipinski definition) is 1. The number of ether oxygens (including phenoxy) is 1. The molecule has 7 heteroatoms. The van der Waals surface area contributed by atoms with Crippen LogP contribution in [0.3, 0.4) is 0 Å². The fourth-order valence-electron chi connectivity index (χ4n) is 2.38. The lowest BCUT2D eigenvalue weighted by Gasteiger charge is -2.11. The SMILES string of the molecule is COC(=O)c1ccc(F)c(NC(=O)c2ccccc2SCc2cccs2)c1. The Hall–Kier alpha value is -2.64. The molecule has 0 radical (unpaired) electrons. The molecule has 0 saturated carbocycles. The Kier molecular flexibility index (Phi) is 6.26. The molecule has 2 aromatic carbocycles. The van der Waals surface area contributed by atoms with E-state index in [2.05, 4.69) is 10.1 Å². The zero-order valence-electron chi connectivity index (χ0n) is 14.4. The minimum atomic E-state index is -0.625. The van der Waals surface area contributed by atoms with E-state index in [0.29, 0.717) is 5.56 Å². The van der Waals surface area contributed by atoms with Crippen LogP contribution in [0, 0.1) is 5.82 Å². The average Bonchev–Trinajstić information content (AvgIpc) is 3.21. The minimum Gasteiger partial charge on any atom is -0.465 e. The van der Waals surface area contributed by atoms with Gasteiger partial charge in [0, 0.05) is 15.5 Å². The van der Waals surface area contributed by atoms with Crippen molar-refractivity contribution in [3.8, 4) is 0 Å². The average molecular weight is 401 g/mol. The lowest BCUT2D eigenvalue weighted by Crippen LogP contribution is -2.15. The maximum absolute atomic E-state index is 14.1. The van der Waals surface area contributed by atoms with E-state index in [1.54, 1.807) is 35.2 Å². The van der Waals surface area contributed by atoms with Crippen molar-refractivity contribution in [2.24, 2.45) is 0 Å². The van der Waals surface area contributed by atoms with Gasteiger partial charge in [0.1, 0.15) is 5.82 Å². The van der Waals surface area contributed by atoms with Gasteiger partial charge in [-0.1, -0.05) is 18.2 Å². The third-order valence-corrected chi connectivity index (χ3v) is 5.90. The predicted molar refractivity (Wildman–Crippen MR) is 106 cm³/mol. The van der Waals surface area contributed by atoms with Gasteiger partial charge in [0.25, 0.3) is 5.91 Å². The second kappa shape index (κ2) is 8.83. The molecule has 1 aromatic heterocycles. The zero-order valence-corrected chi connectivity index (χ0v) is 16.0. The fraction of sp³-hybridized carbons (Fsp3) is 0.100. The zero-order chi connectivity index (χ0) is 19.2. The summed E-state index contributed by atoms with van der Waals surface area (Å²) in [5.74, 6) is -0.920. The number of nitrogens with one attached hydrogen (secondary N) is 1. The summed E-state index contributed by atoms with van der Waals surface area (Å²) in [5.41, 5.74) is 0.539. The van der Waals surface area contributed by atoms with Crippen LogP contribution in [0.25, 0.3) is 0 Å². The second-order valence-electron chi connectivity index (χ2n) is 5.50. The molecule has 138 valence electrons. The summed E-state index contributed by atoms with van der Waals surface area (Å²) in [6.07, 6.45) is 0. The molecule has 0 saturated heterocycles. The van der Waals surface area contributed by atoms with Gasteiger partial charge in [-0.2, -0.15) is 0 Å². The predicted octanol–water partition coefficient (Wildman–Crippen LogP) is 5.22. The van der Waals surface area contributed by atoms with Gasteiger partial charge in [-0.05, 0) is 41.8 Å². The number of anilines is 1. The summed E-state index contributed by atoms with van der Waals surface area (Å²) in [4.78, 5) is 26.3. The van der Waals surface area contributed by atoms with E-state index in [1.165, 1.54) is 24.1 Å². The van der Waals surface area contributed by atoms with Crippen molar-refractivity contribution in [2.45, 2.75) is 10.6 Å². The minimum absolute atomic E-state index is 0.0686. The summed E-state index contributed by atoms with van der Waals surface area (Å²) in [7, 11) is 1.24. The smallest absolute Gasteiger partial charge is 0.337 e. The lowest BCUT2D eigenvalue weighted by atomic mass is 10.1. The molecule has 3 rings (SSSR count). The van der Waals surface area contributed by atoms with E-state index >= 15 is 0 Å². The highest BCUT2D eigenvalue weighted by Crippen LogP contribution is 2.29. The number of thioether (sulfide) groups is 1. The van der Waals surface area contributed by atoms with Crippen LogP contribution in [0.2, 0.25) is 0 Å². The van der Waals surface area contributed by atoms with Gasteiger partial charge in [-0.15, -0.1) is 23.1 Å². The Morgan fingerprint density at radius 1 is 1.15 bits per heavy atom. The van der Waals surface area contributed by atoms with E-state index < -0.39 is 17.7 Å². The summed E-state index contributed by atoms with van der Waals surface area (Å²) in [5, 5.41) is 4.55. The van der Waals surface area contributed by atoms with Crippen LogP contribution in [-0.4, -0.2) is 19.0 Å². The van der Waals surface area contributed by atoms with E-state index in [4.69, 9.17) is 0 Å². The summed E-state index contributed by atoms with van der Waals surface area (Å²) in [6, 6.07) is 14.9. The number of thiophene rings is 1. The van der Waals surface area contributed by atoms with Gasteiger partial charge in [0.15, 0.2) is 0 Å². The number of rotatable bonds is 6. The van der Waals surface area contributed by atoms with Gasteiger partial charge >= 0.3 is 5.97 Å². The maximum atomic E-state index is 14.1. The van der Waals surface area contributed by atoms with Gasteiger partial charge in [0.2, 0.25) is 0 Å². The first-order chi connectivity index (χ1) is 13.1. The molecule has 0 atom stereocenters. The third-order valence-electron chi connectivity index (χ3n) is 3.72. The Labute approximate surface area is 164 Å². The molecular weight excluding hydrogens is 385 g/mol. The number of amides is 1. The number of carbonyl (C=O) groups excluding carboxylic acids is 2. The number of carbonyl (C=O) groups is 2. The molecule has 1 N–H and O–H groups in total. The van der Waals surface area contributed by atoms with E-state index in [0.717, 1.165) is 16.7 Å². The Morgan fingerprint density at radius 3 is 2.70 bits per heavy atom. The number of esters is 1. The van der Waals surface area contributed by atoms with Gasteiger partial charge in [0.05, 0.1) is 23.9 Å². The quantitative estimate of drug-likeness (QED) is 0.455. The highest BCUT2D eigenvalue weighted by atomic mass is 32.2. The highest BCUT2D eigenvalue weighted by molar-refractivity contribution is 7.98. The first-order valence-electron chi connectivity index (χ1n) is 8.02. The Morgan fingerprint density at radius 2 is 1.96 bits per heavy atom. The molecule has 0 fully saturated rings. The van der Waals surface area contributed by atoms with Crippen LogP contribution in [0.5, 0.6) is 0 Å². The largest absolute Gasteiger partial charge is 0.465 e. The fourth-order valence-corrected chi connectivity index (χ4v) is 4.20. The summed E-state index contributed by atoms with van der Waals surface area (Å²) in [6.45, 7) is 0. The van der Waals surface area contributed by atoms with Crippen molar-refractivity contribution >= 4 is 40.7 Å². The van der Waals surface area contributed by atoms with Gasteiger partial charge in [-0.25, -0.2) is 9.18 Å². The van der Waals surface area contributed by atoms with Crippen LogP contribution in [-0.2, 0) is 10.5 Å². The molecule has 0 bridgehead atoms. The van der Waals surface area contributed by atoms with E-state index in [9.17, 15) is 14.0 Å². The topological polar surface area (TPSA) is 55.4 Å². The van der Waals surface area contributed by atoms with Crippen molar-refractivity contribution in [3.63, 3.8) is 0 Å². The Bertz CT molecular complexity index is 958. The van der Waals surface area contributed by atoms with Crippen LogP contribution in [0.15, 0.2) is 64.9 Å². The Balaban J connectivity index is 1.79. The van der Waals surface area contributed by atoms with Crippen molar-refractivity contribution in [3.05, 3.63) is 81.8 Å². The monoisotopic (exact) mass is 401 g/mol. The van der Waals surface area contributed by atoms with Crippen molar-refractivity contribution in [1.82, 2.24) is 0 Å². The van der Waals surface area contributed by atoms with Crippen LogP contribution in [0.4, 0.5) is 10.1 Å². The van der Waals surface area contributed by atoms with E-state index in [1.807, 2.05) is 29.6 Å². The molecule has 3 aromatic rings. The third kappa shape index (κ3) is 4.75. The first kappa shape index (κ1) is 19.1. The van der Waals surface area contributed by atoms with Crippen molar-refractivity contribution < 1.29 is 18.7 Å². The molecule has 1 amide bonds. The summed E-state index contributed by atoms with van der Waals surface area (Å²) >= 11 is 3.19. The number of halogens is 1. The molecule has 0 unspecified atom stereocenters. The van der Waals surface area contributed by atoms with Crippen LogP contribution >= 0.6 is 23.1 Å². The lowest BCUT2D eigenvalue weighted by molar-refractivity contribution is 0.0600. The number of benzene rings is 2. The highest BCUT2D eigenvalue weighted by Gasteiger charge is 2.16. The van der Waals surface area contributed by atoms with Crippen LogP contribution < -0.4 is 5.32 Å². The normalized spacial score (nSPS) is 10.4. The molecule has 0 spiro atoms. The molecule has 1 heterocycles. The van der Waals surface area contributed by atoms with Crippen molar-refractivity contribution in [2.75, 3.05) is 12.4 Å². The molecule has 4 nitrogen and oxygen atoms in total. The van der Waals surface area contributed by atoms with Crippen LogP contribution in [0.1, 0.15) is 25.6 Å². The maximum Gasteiger partial charge on any atom is 0.337 e. The number of methoxy groups -OCH3 is 1.